The molecule has 1 aromatic rings. The average Bonchev–Trinajstić information content (AvgIpc) is 2.51. The fourth-order valence-electron chi connectivity index (χ4n) is 4.09. The SMILES string of the molecule is CC(c1ccc(F)c(F)c1)N1CCNCC12CCCCC2. The minimum absolute atomic E-state index is 0.125. The average molecular weight is 294 g/mol. The largest absolute Gasteiger partial charge is 0.314 e. The first-order valence-corrected chi connectivity index (χ1v) is 8.05. The Balaban J connectivity index is 1.86. The maximum Gasteiger partial charge on any atom is 0.159 e. The highest BCUT2D eigenvalue weighted by molar-refractivity contribution is 5.22. The van der Waals surface area contributed by atoms with Crippen LogP contribution in [0, 0.1) is 11.6 Å². The van der Waals surface area contributed by atoms with Crippen LogP contribution in [0.25, 0.3) is 0 Å². The molecule has 4 heteroatoms. The van der Waals surface area contributed by atoms with Gasteiger partial charge in [0.05, 0.1) is 0 Å². The molecule has 1 heterocycles. The Hall–Kier alpha value is -1.00. The molecule has 2 fully saturated rings. The van der Waals surface area contributed by atoms with Crippen molar-refractivity contribution in [1.82, 2.24) is 10.2 Å². The molecule has 3 rings (SSSR count). The predicted octanol–water partition coefficient (Wildman–Crippen LogP) is 3.63. The van der Waals surface area contributed by atoms with Crippen LogP contribution in [-0.2, 0) is 0 Å². The maximum atomic E-state index is 13.5. The first-order valence-electron chi connectivity index (χ1n) is 8.05. The van der Waals surface area contributed by atoms with Crippen LogP contribution < -0.4 is 5.32 Å². The molecule has 0 aromatic heterocycles. The molecule has 2 nitrogen and oxygen atoms in total. The van der Waals surface area contributed by atoms with Gasteiger partial charge < -0.3 is 5.32 Å². The van der Waals surface area contributed by atoms with E-state index in [1.165, 1.54) is 44.2 Å². The van der Waals surface area contributed by atoms with E-state index < -0.39 is 11.6 Å². The highest BCUT2D eigenvalue weighted by Gasteiger charge is 2.42. The lowest BCUT2D eigenvalue weighted by Gasteiger charge is -2.52. The molecule has 1 unspecified atom stereocenters. The van der Waals surface area contributed by atoms with Gasteiger partial charge in [0.2, 0.25) is 0 Å². The maximum absolute atomic E-state index is 13.5. The van der Waals surface area contributed by atoms with Crippen molar-refractivity contribution in [2.45, 2.75) is 50.6 Å². The van der Waals surface area contributed by atoms with Gasteiger partial charge in [-0.05, 0) is 37.5 Å². The molecular weight excluding hydrogens is 270 g/mol. The minimum atomic E-state index is -0.765. The summed E-state index contributed by atoms with van der Waals surface area (Å²) in [5, 5.41) is 3.53. The molecule has 0 radical (unpaired) electrons. The van der Waals surface area contributed by atoms with Gasteiger partial charge in [0.1, 0.15) is 0 Å². The molecule has 1 N–H and O–H groups in total. The Morgan fingerprint density at radius 3 is 2.62 bits per heavy atom. The smallest absolute Gasteiger partial charge is 0.159 e. The van der Waals surface area contributed by atoms with Gasteiger partial charge in [-0.25, -0.2) is 8.78 Å². The molecule has 1 aliphatic carbocycles. The zero-order chi connectivity index (χ0) is 14.9. The number of nitrogens with zero attached hydrogens (tertiary/aromatic N) is 1. The lowest BCUT2D eigenvalue weighted by Crippen LogP contribution is -2.62. The van der Waals surface area contributed by atoms with E-state index in [0.717, 1.165) is 25.2 Å². The monoisotopic (exact) mass is 294 g/mol. The molecule has 2 aliphatic rings. The van der Waals surface area contributed by atoms with E-state index in [2.05, 4.69) is 17.1 Å². The van der Waals surface area contributed by atoms with E-state index >= 15 is 0 Å². The van der Waals surface area contributed by atoms with Gasteiger partial charge in [-0.15, -0.1) is 0 Å². The number of hydrogen-bond donors (Lipinski definition) is 1. The van der Waals surface area contributed by atoms with Gasteiger partial charge in [-0.2, -0.15) is 0 Å². The number of hydrogen-bond acceptors (Lipinski definition) is 2. The highest BCUT2D eigenvalue weighted by atomic mass is 19.2. The van der Waals surface area contributed by atoms with Crippen molar-refractivity contribution < 1.29 is 8.78 Å². The Labute approximate surface area is 125 Å². The van der Waals surface area contributed by atoms with Crippen LogP contribution in [0.5, 0.6) is 0 Å². The van der Waals surface area contributed by atoms with E-state index in [-0.39, 0.29) is 11.6 Å². The topological polar surface area (TPSA) is 15.3 Å². The second kappa shape index (κ2) is 6.01. The molecular formula is C17H24F2N2. The van der Waals surface area contributed by atoms with Crippen LogP contribution in [0.3, 0.4) is 0 Å². The van der Waals surface area contributed by atoms with Crippen molar-refractivity contribution in [3.8, 4) is 0 Å². The number of benzene rings is 1. The minimum Gasteiger partial charge on any atom is -0.314 e. The van der Waals surface area contributed by atoms with Crippen molar-refractivity contribution in [2.75, 3.05) is 19.6 Å². The fourth-order valence-corrected chi connectivity index (χ4v) is 4.09. The van der Waals surface area contributed by atoms with Crippen molar-refractivity contribution in [3.63, 3.8) is 0 Å². The van der Waals surface area contributed by atoms with E-state index in [4.69, 9.17) is 0 Å². The number of nitrogens with one attached hydrogen (secondary N) is 1. The zero-order valence-electron chi connectivity index (χ0n) is 12.7. The Morgan fingerprint density at radius 2 is 1.90 bits per heavy atom. The van der Waals surface area contributed by atoms with Crippen LogP contribution >= 0.6 is 0 Å². The number of piperazine rings is 1. The summed E-state index contributed by atoms with van der Waals surface area (Å²) in [6.45, 7) is 5.07. The summed E-state index contributed by atoms with van der Waals surface area (Å²) < 4.78 is 26.7. The Kier molecular flexibility index (Phi) is 4.27. The Morgan fingerprint density at radius 1 is 1.14 bits per heavy atom. The van der Waals surface area contributed by atoms with Crippen molar-refractivity contribution in [1.29, 1.82) is 0 Å². The van der Waals surface area contributed by atoms with Gasteiger partial charge >= 0.3 is 0 Å². The third-order valence-corrected chi connectivity index (χ3v) is 5.27. The Bertz CT molecular complexity index is 489. The molecule has 21 heavy (non-hydrogen) atoms. The van der Waals surface area contributed by atoms with Crippen LogP contribution in [0.15, 0.2) is 18.2 Å². The quantitative estimate of drug-likeness (QED) is 0.896. The summed E-state index contributed by atoms with van der Waals surface area (Å²) in [6, 6.07) is 4.46. The second-order valence-corrected chi connectivity index (χ2v) is 6.50. The van der Waals surface area contributed by atoms with Crippen LogP contribution in [0.2, 0.25) is 0 Å². The molecule has 1 aromatic carbocycles. The molecule has 1 saturated heterocycles. The summed E-state index contributed by atoms with van der Waals surface area (Å²) in [6.07, 6.45) is 6.25. The van der Waals surface area contributed by atoms with Gasteiger partial charge in [0.15, 0.2) is 11.6 Å². The lowest BCUT2D eigenvalue weighted by molar-refractivity contribution is -0.00288. The number of halogens is 2. The number of rotatable bonds is 2. The summed E-state index contributed by atoms with van der Waals surface area (Å²) >= 11 is 0. The van der Waals surface area contributed by atoms with Gasteiger partial charge in [-0.1, -0.05) is 25.3 Å². The predicted molar refractivity (Wildman–Crippen MR) is 80.2 cm³/mol. The third kappa shape index (κ3) is 2.84. The first-order chi connectivity index (χ1) is 10.1. The summed E-state index contributed by atoms with van der Waals surface area (Å²) in [5.41, 5.74) is 1.07. The van der Waals surface area contributed by atoms with E-state index in [1.807, 2.05) is 0 Å². The zero-order valence-corrected chi connectivity index (χ0v) is 12.7. The van der Waals surface area contributed by atoms with Crippen LogP contribution in [-0.4, -0.2) is 30.1 Å². The van der Waals surface area contributed by atoms with Crippen molar-refractivity contribution >= 4 is 0 Å². The molecule has 1 spiro atoms. The lowest BCUT2D eigenvalue weighted by atomic mass is 9.78. The van der Waals surface area contributed by atoms with Gasteiger partial charge in [0, 0.05) is 31.2 Å². The van der Waals surface area contributed by atoms with E-state index in [1.54, 1.807) is 6.07 Å². The highest BCUT2D eigenvalue weighted by Crippen LogP contribution is 2.39. The van der Waals surface area contributed by atoms with Crippen molar-refractivity contribution in [3.05, 3.63) is 35.4 Å². The van der Waals surface area contributed by atoms with Gasteiger partial charge in [0.25, 0.3) is 0 Å². The van der Waals surface area contributed by atoms with E-state index in [9.17, 15) is 8.78 Å². The van der Waals surface area contributed by atoms with Gasteiger partial charge in [-0.3, -0.25) is 4.90 Å². The van der Waals surface area contributed by atoms with E-state index in [0.29, 0.717) is 0 Å². The van der Waals surface area contributed by atoms with Crippen molar-refractivity contribution in [2.24, 2.45) is 0 Å². The summed E-state index contributed by atoms with van der Waals surface area (Å²) in [7, 11) is 0. The standard InChI is InChI=1S/C17H24F2N2/c1-13(14-5-6-15(18)16(19)11-14)21-10-9-20-12-17(21)7-3-2-4-8-17/h5-6,11,13,20H,2-4,7-10,12H2,1H3. The molecule has 1 atom stereocenters. The molecule has 0 amide bonds. The summed E-state index contributed by atoms with van der Waals surface area (Å²) in [4.78, 5) is 2.52. The summed E-state index contributed by atoms with van der Waals surface area (Å²) in [5.74, 6) is -1.51. The first kappa shape index (κ1) is 14.9. The second-order valence-electron chi connectivity index (χ2n) is 6.50. The fraction of sp³-hybridized carbons (Fsp3) is 0.647. The molecule has 116 valence electrons. The molecule has 1 saturated carbocycles. The third-order valence-electron chi connectivity index (χ3n) is 5.27. The molecule has 0 bridgehead atoms. The van der Waals surface area contributed by atoms with Crippen LogP contribution in [0.4, 0.5) is 8.78 Å². The van der Waals surface area contributed by atoms with Crippen LogP contribution in [0.1, 0.15) is 50.6 Å². The normalized spacial score (nSPS) is 24.1. The molecule has 1 aliphatic heterocycles.